The van der Waals surface area contributed by atoms with Gasteiger partial charge in [-0.15, -0.1) is 0 Å². The Morgan fingerprint density at radius 3 is 1.88 bits per heavy atom. The van der Waals surface area contributed by atoms with Crippen LogP contribution in [0.1, 0.15) is 116 Å². The Bertz CT molecular complexity index is 959. The molecule has 9 unspecified atom stereocenters. The molecule has 0 aliphatic heterocycles. The molecular weight excluding hydrogens is 433 g/mol. The molecule has 0 heterocycles. The molecule has 0 aromatic rings. The van der Waals surface area contributed by atoms with E-state index in [1.165, 1.54) is 0 Å². The number of hydrogen-bond acceptors (Lipinski definition) is 1. The molecule has 9 aliphatic carbocycles. The van der Waals surface area contributed by atoms with E-state index in [0.717, 1.165) is 39.2 Å². The zero-order chi connectivity index (χ0) is 22.2. The molecule has 3 spiro atoms. The minimum atomic E-state index is -1.53. The van der Waals surface area contributed by atoms with Crippen molar-refractivity contribution in [2.75, 3.05) is 0 Å². The van der Waals surface area contributed by atoms with Gasteiger partial charge in [0.1, 0.15) is 0 Å². The summed E-state index contributed by atoms with van der Waals surface area (Å²) in [5.74, 6) is 3.36. The molecule has 9 aliphatic rings. The minimum Gasteiger partial charge on any atom is -0.336 e. The monoisotopic (exact) mass is 481 g/mol. The lowest BCUT2D eigenvalue weighted by Crippen LogP contribution is -2.49. The van der Waals surface area contributed by atoms with E-state index in [1.54, 1.807) is 116 Å². The lowest BCUT2D eigenvalue weighted by atomic mass is 9.82. The molecule has 3 heteroatoms. The first-order chi connectivity index (χ1) is 15.7. The van der Waals surface area contributed by atoms with Crippen LogP contribution in [0.5, 0.6) is 0 Å². The second kappa shape index (κ2) is 5.49. The third kappa shape index (κ3) is 2.11. The second-order valence-electron chi connectivity index (χ2n) is 17.0. The smallest absolute Gasteiger partial charge is 0.170 e. The third-order valence-corrected chi connectivity index (χ3v) is 24.0. The summed E-state index contributed by atoms with van der Waals surface area (Å²) in [7, 11) is -2.98. The van der Waals surface area contributed by atoms with Gasteiger partial charge in [-0.1, -0.05) is 45.3 Å². The molecular formula is C30H48NPSi. The van der Waals surface area contributed by atoms with Crippen molar-refractivity contribution >= 4 is 15.3 Å². The van der Waals surface area contributed by atoms with Gasteiger partial charge in [0, 0.05) is 15.5 Å². The highest BCUT2D eigenvalue weighted by atomic mass is 31.2. The quantitative estimate of drug-likeness (QED) is 0.280. The predicted octanol–water partition coefficient (Wildman–Crippen LogP) is 9.19. The van der Waals surface area contributed by atoms with Crippen LogP contribution in [0.25, 0.3) is 0 Å². The van der Waals surface area contributed by atoms with E-state index in [2.05, 4.69) is 19.6 Å². The van der Waals surface area contributed by atoms with Crippen molar-refractivity contribution < 1.29 is 0 Å². The Balaban J connectivity index is 1.34. The van der Waals surface area contributed by atoms with E-state index in [1.807, 2.05) is 0 Å². The Kier molecular flexibility index (Phi) is 3.41. The molecule has 9 saturated carbocycles. The Morgan fingerprint density at radius 1 is 0.667 bits per heavy atom. The molecule has 33 heavy (non-hydrogen) atoms. The van der Waals surface area contributed by atoms with Crippen molar-refractivity contribution in [1.29, 1.82) is 0 Å². The topological polar surface area (TPSA) is 12.4 Å². The fourth-order valence-corrected chi connectivity index (χ4v) is 27.9. The summed E-state index contributed by atoms with van der Waals surface area (Å²) in [5, 5.41) is 2.17. The molecule has 9 fully saturated rings. The van der Waals surface area contributed by atoms with Crippen LogP contribution in [0.3, 0.4) is 0 Å². The molecule has 0 N–H and O–H groups in total. The van der Waals surface area contributed by atoms with Crippen LogP contribution in [0, 0.1) is 34.0 Å². The molecule has 9 rings (SSSR count). The highest BCUT2D eigenvalue weighted by Crippen LogP contribution is 3.02. The Labute approximate surface area is 204 Å². The van der Waals surface area contributed by atoms with Crippen LogP contribution in [0.2, 0.25) is 19.6 Å². The first kappa shape index (κ1) is 20.5. The van der Waals surface area contributed by atoms with E-state index in [4.69, 9.17) is 4.41 Å². The van der Waals surface area contributed by atoms with Gasteiger partial charge in [-0.3, -0.25) is 0 Å². The zero-order valence-electron chi connectivity index (χ0n) is 21.9. The maximum Gasteiger partial charge on any atom is 0.170 e. The van der Waals surface area contributed by atoms with Gasteiger partial charge in [-0.2, -0.15) is 0 Å². The van der Waals surface area contributed by atoms with Crippen molar-refractivity contribution in [3.8, 4) is 0 Å². The van der Waals surface area contributed by atoms with Gasteiger partial charge in [0.25, 0.3) is 0 Å². The zero-order valence-corrected chi connectivity index (χ0v) is 23.7. The lowest BCUT2D eigenvalue weighted by molar-refractivity contribution is 0.285. The molecule has 1 nitrogen and oxygen atoms in total. The summed E-state index contributed by atoms with van der Waals surface area (Å²) in [5.41, 5.74) is 2.44. The normalized spacial score (nSPS) is 62.7. The van der Waals surface area contributed by atoms with E-state index in [-0.39, 0.29) is 0 Å². The van der Waals surface area contributed by atoms with Crippen molar-refractivity contribution in [2.45, 2.75) is 151 Å². The third-order valence-electron chi connectivity index (χ3n) is 14.5. The lowest BCUT2D eigenvalue weighted by Gasteiger charge is -2.62. The minimum absolute atomic E-state index is 0.713. The maximum absolute atomic E-state index is 6.73. The number of nitrogens with zero attached hydrogens (tertiary/aromatic N) is 1. The van der Waals surface area contributed by atoms with Gasteiger partial charge in [0.2, 0.25) is 0 Å². The fourth-order valence-electron chi connectivity index (χ4n) is 14.1. The average Bonchev–Trinajstić information content (AvgIpc) is 3.63. The van der Waals surface area contributed by atoms with Crippen molar-refractivity contribution in [2.24, 2.45) is 38.4 Å². The molecule has 9 atom stereocenters. The van der Waals surface area contributed by atoms with Crippen molar-refractivity contribution in [3.05, 3.63) is 0 Å². The van der Waals surface area contributed by atoms with Gasteiger partial charge in [0.15, 0.2) is 8.24 Å². The molecule has 0 aromatic heterocycles. The molecule has 0 saturated heterocycles. The van der Waals surface area contributed by atoms with E-state index in [0.29, 0.717) is 10.3 Å². The average molecular weight is 482 g/mol. The molecule has 0 radical (unpaired) electrons. The summed E-state index contributed by atoms with van der Waals surface area (Å²) in [6.45, 7) is 8.01. The molecule has 0 aromatic carbocycles. The highest BCUT2D eigenvalue weighted by Gasteiger charge is 2.87. The maximum atomic E-state index is 6.73. The fraction of sp³-hybridized carbons (Fsp3) is 1.00. The second-order valence-corrected chi connectivity index (χ2v) is 26.2. The first-order valence-electron chi connectivity index (χ1n) is 15.3. The van der Waals surface area contributed by atoms with E-state index < -0.39 is 15.3 Å². The predicted molar refractivity (Wildman–Crippen MR) is 142 cm³/mol. The van der Waals surface area contributed by atoms with Crippen LogP contribution >= 0.6 is 7.05 Å². The number of hydrogen-bond donors (Lipinski definition) is 0. The Morgan fingerprint density at radius 2 is 1.30 bits per heavy atom. The van der Waals surface area contributed by atoms with E-state index >= 15 is 0 Å². The summed E-state index contributed by atoms with van der Waals surface area (Å²) in [4.78, 5) is 0. The molecule has 6 bridgehead atoms. The van der Waals surface area contributed by atoms with Crippen molar-refractivity contribution in [1.82, 2.24) is 0 Å². The van der Waals surface area contributed by atoms with Gasteiger partial charge in [-0.25, -0.2) is 0 Å². The first-order valence-corrected chi connectivity index (χ1v) is 20.5. The summed E-state index contributed by atoms with van der Waals surface area (Å²) < 4.78 is 6.73. The standard InChI is InChI=1S/C30H48NPSi/c1-33(2,3)31-32(28-11-5-8-25(19-28)15-23(25)17-28,29-12-6-9-26(20-29)16-24(26)18-29)30-14-22-7-4-10-27(30,13-22)21-30/h22-24H,4-21H2,1-3H3. The van der Waals surface area contributed by atoms with Gasteiger partial charge >= 0.3 is 0 Å². The van der Waals surface area contributed by atoms with Crippen LogP contribution in [0.15, 0.2) is 4.41 Å². The van der Waals surface area contributed by atoms with Crippen molar-refractivity contribution in [3.63, 3.8) is 0 Å². The van der Waals surface area contributed by atoms with Gasteiger partial charge in [0.05, 0.1) is 0 Å². The van der Waals surface area contributed by atoms with Gasteiger partial charge < -0.3 is 4.41 Å². The van der Waals surface area contributed by atoms with Crippen LogP contribution in [0.4, 0.5) is 0 Å². The SMILES string of the molecule is C[Si](C)(C)N=P(C12CCCC3(CC3C1)C2)(C12CCCC3(CC3C1)C2)C12CC3CCCC1(C3)C2. The summed E-state index contributed by atoms with van der Waals surface area (Å²) in [6.07, 6.45) is 29.3. The molecule has 0 amide bonds. The summed E-state index contributed by atoms with van der Waals surface area (Å²) >= 11 is 0. The van der Waals surface area contributed by atoms with Gasteiger partial charge in [-0.05, 0) is 131 Å². The Hall–Kier alpha value is 0.447. The van der Waals surface area contributed by atoms with Crippen LogP contribution in [-0.4, -0.2) is 23.7 Å². The van der Waals surface area contributed by atoms with E-state index in [9.17, 15) is 0 Å². The number of rotatable bonds is 4. The van der Waals surface area contributed by atoms with Crippen LogP contribution < -0.4 is 0 Å². The van der Waals surface area contributed by atoms with Crippen LogP contribution in [-0.2, 0) is 0 Å². The largest absolute Gasteiger partial charge is 0.336 e. The molecule has 182 valence electrons. The highest BCUT2D eigenvalue weighted by molar-refractivity contribution is 7.72. The summed E-state index contributed by atoms with van der Waals surface area (Å²) in [6, 6.07) is 0. The number of fused-ring (bicyclic) bond motifs is 3.